The van der Waals surface area contributed by atoms with Crippen molar-refractivity contribution >= 4 is 0 Å². The molecule has 0 aromatic carbocycles. The van der Waals surface area contributed by atoms with Crippen LogP contribution >= 0.6 is 0 Å². The second-order valence-corrected chi connectivity index (χ2v) is 6.14. The van der Waals surface area contributed by atoms with E-state index in [1.807, 2.05) is 0 Å². The lowest BCUT2D eigenvalue weighted by molar-refractivity contribution is 0.568. The summed E-state index contributed by atoms with van der Waals surface area (Å²) in [6.07, 6.45) is 21.8. The van der Waals surface area contributed by atoms with E-state index in [-0.39, 0.29) is 0 Å². The molecule has 0 aliphatic carbocycles. The molecule has 0 radical (unpaired) electrons. The SMILES string of the molecule is C[C@@H](N)CCCCCC/C=C\CCCCCCCCN. The van der Waals surface area contributed by atoms with Gasteiger partial charge in [-0.15, -0.1) is 0 Å². The molecule has 0 fully saturated rings. The van der Waals surface area contributed by atoms with Gasteiger partial charge in [-0.05, 0) is 52.0 Å². The largest absolute Gasteiger partial charge is 0.330 e. The fraction of sp³-hybridized carbons (Fsp3) is 0.889. The Hall–Kier alpha value is -0.340. The molecular formula is C18H38N2. The van der Waals surface area contributed by atoms with Gasteiger partial charge in [0.1, 0.15) is 0 Å². The van der Waals surface area contributed by atoms with Crippen molar-refractivity contribution in [2.24, 2.45) is 11.5 Å². The summed E-state index contributed by atoms with van der Waals surface area (Å²) >= 11 is 0. The number of nitrogens with two attached hydrogens (primary N) is 2. The van der Waals surface area contributed by atoms with E-state index in [1.54, 1.807) is 0 Å². The highest BCUT2D eigenvalue weighted by molar-refractivity contribution is 4.81. The van der Waals surface area contributed by atoms with E-state index in [4.69, 9.17) is 11.5 Å². The van der Waals surface area contributed by atoms with Crippen molar-refractivity contribution in [1.29, 1.82) is 0 Å². The van der Waals surface area contributed by atoms with Crippen molar-refractivity contribution in [3.8, 4) is 0 Å². The van der Waals surface area contributed by atoms with E-state index in [9.17, 15) is 0 Å². The first-order valence-corrected chi connectivity index (χ1v) is 8.88. The third-order valence-electron chi connectivity index (χ3n) is 3.77. The Morgan fingerprint density at radius 1 is 0.700 bits per heavy atom. The number of rotatable bonds is 15. The van der Waals surface area contributed by atoms with Gasteiger partial charge in [-0.25, -0.2) is 0 Å². The first-order chi connectivity index (χ1) is 9.77. The summed E-state index contributed by atoms with van der Waals surface area (Å²) < 4.78 is 0. The molecule has 0 bridgehead atoms. The second kappa shape index (κ2) is 16.7. The normalized spacial score (nSPS) is 13.2. The van der Waals surface area contributed by atoms with E-state index < -0.39 is 0 Å². The third kappa shape index (κ3) is 17.7. The Balaban J connectivity index is 3.05. The molecule has 0 aliphatic heterocycles. The standard InChI is InChI=1S/C18H38N2/c1-18(20)16-14-12-10-8-6-4-2-3-5-7-9-11-13-15-17-19/h2,4,18H,3,5-17,19-20H2,1H3/b4-2-/t18-/m1/s1. The Labute approximate surface area is 127 Å². The second-order valence-electron chi connectivity index (χ2n) is 6.14. The van der Waals surface area contributed by atoms with Gasteiger partial charge in [-0.3, -0.25) is 0 Å². The number of hydrogen-bond donors (Lipinski definition) is 2. The lowest BCUT2D eigenvalue weighted by Crippen LogP contribution is -2.13. The molecular weight excluding hydrogens is 244 g/mol. The lowest BCUT2D eigenvalue weighted by Gasteiger charge is -2.03. The maximum Gasteiger partial charge on any atom is 0.00104 e. The molecule has 0 rings (SSSR count). The molecule has 0 spiro atoms. The predicted molar refractivity (Wildman–Crippen MR) is 91.9 cm³/mol. The van der Waals surface area contributed by atoms with Gasteiger partial charge >= 0.3 is 0 Å². The van der Waals surface area contributed by atoms with Gasteiger partial charge in [-0.1, -0.05) is 57.1 Å². The van der Waals surface area contributed by atoms with Crippen LogP contribution in [0.4, 0.5) is 0 Å². The van der Waals surface area contributed by atoms with Crippen LogP contribution in [0.1, 0.15) is 90.4 Å². The quantitative estimate of drug-likeness (QED) is 0.331. The first-order valence-electron chi connectivity index (χ1n) is 8.88. The van der Waals surface area contributed by atoms with Gasteiger partial charge in [0, 0.05) is 6.04 Å². The van der Waals surface area contributed by atoms with E-state index in [0.29, 0.717) is 6.04 Å². The van der Waals surface area contributed by atoms with Crippen LogP contribution < -0.4 is 11.5 Å². The Kier molecular flexibility index (Phi) is 16.4. The molecule has 2 heteroatoms. The summed E-state index contributed by atoms with van der Waals surface area (Å²) in [5.74, 6) is 0. The van der Waals surface area contributed by atoms with Gasteiger partial charge in [0.25, 0.3) is 0 Å². The Bertz CT molecular complexity index is 200. The molecule has 4 N–H and O–H groups in total. The van der Waals surface area contributed by atoms with Crippen LogP contribution in [0.15, 0.2) is 12.2 Å². The maximum absolute atomic E-state index is 5.73. The third-order valence-corrected chi connectivity index (χ3v) is 3.77. The average molecular weight is 283 g/mol. The highest BCUT2D eigenvalue weighted by Gasteiger charge is 1.93. The molecule has 0 heterocycles. The van der Waals surface area contributed by atoms with Crippen LogP contribution in [0.25, 0.3) is 0 Å². The van der Waals surface area contributed by atoms with Crippen molar-refractivity contribution in [2.45, 2.75) is 96.4 Å². The lowest BCUT2D eigenvalue weighted by atomic mass is 10.1. The summed E-state index contributed by atoms with van der Waals surface area (Å²) in [6, 6.07) is 0.380. The average Bonchev–Trinajstić information content (AvgIpc) is 2.43. The highest BCUT2D eigenvalue weighted by atomic mass is 14.6. The van der Waals surface area contributed by atoms with Crippen molar-refractivity contribution in [1.82, 2.24) is 0 Å². The number of allylic oxidation sites excluding steroid dienone is 2. The zero-order valence-corrected chi connectivity index (χ0v) is 13.8. The van der Waals surface area contributed by atoms with Gasteiger partial charge in [0.05, 0.1) is 0 Å². The van der Waals surface area contributed by atoms with E-state index >= 15 is 0 Å². The minimum atomic E-state index is 0.380. The van der Waals surface area contributed by atoms with Crippen molar-refractivity contribution in [2.75, 3.05) is 6.54 Å². The van der Waals surface area contributed by atoms with Gasteiger partial charge in [-0.2, -0.15) is 0 Å². The molecule has 0 unspecified atom stereocenters. The Morgan fingerprint density at radius 2 is 1.15 bits per heavy atom. The fourth-order valence-corrected chi connectivity index (χ4v) is 2.43. The number of hydrogen-bond acceptors (Lipinski definition) is 2. The highest BCUT2D eigenvalue weighted by Crippen LogP contribution is 2.09. The van der Waals surface area contributed by atoms with Gasteiger partial charge in [0.15, 0.2) is 0 Å². The summed E-state index contributed by atoms with van der Waals surface area (Å²) in [7, 11) is 0. The molecule has 0 amide bonds. The minimum Gasteiger partial charge on any atom is -0.330 e. The Morgan fingerprint density at radius 3 is 1.65 bits per heavy atom. The smallest absolute Gasteiger partial charge is 0.00104 e. The molecule has 0 saturated carbocycles. The van der Waals surface area contributed by atoms with E-state index in [2.05, 4.69) is 19.1 Å². The van der Waals surface area contributed by atoms with Crippen molar-refractivity contribution in [3.63, 3.8) is 0 Å². The molecule has 1 atom stereocenters. The molecule has 0 saturated heterocycles. The maximum atomic E-state index is 5.73. The van der Waals surface area contributed by atoms with Gasteiger partial charge in [0.2, 0.25) is 0 Å². The summed E-state index contributed by atoms with van der Waals surface area (Å²) in [6.45, 7) is 2.95. The van der Waals surface area contributed by atoms with Crippen molar-refractivity contribution < 1.29 is 0 Å². The fourth-order valence-electron chi connectivity index (χ4n) is 2.43. The molecule has 0 aromatic heterocycles. The van der Waals surface area contributed by atoms with E-state index in [0.717, 1.165) is 6.54 Å². The van der Waals surface area contributed by atoms with Crippen LogP contribution in [-0.2, 0) is 0 Å². The monoisotopic (exact) mass is 282 g/mol. The zero-order valence-electron chi connectivity index (χ0n) is 13.8. The minimum absolute atomic E-state index is 0.380. The molecule has 120 valence electrons. The van der Waals surface area contributed by atoms with Crippen LogP contribution in [-0.4, -0.2) is 12.6 Å². The molecule has 20 heavy (non-hydrogen) atoms. The first kappa shape index (κ1) is 19.7. The zero-order chi connectivity index (χ0) is 14.9. The van der Waals surface area contributed by atoms with Crippen LogP contribution in [0.2, 0.25) is 0 Å². The summed E-state index contributed by atoms with van der Waals surface area (Å²) in [4.78, 5) is 0. The number of unbranched alkanes of at least 4 members (excludes halogenated alkanes) is 10. The van der Waals surface area contributed by atoms with Gasteiger partial charge < -0.3 is 11.5 Å². The molecule has 0 aliphatic rings. The van der Waals surface area contributed by atoms with Crippen LogP contribution in [0, 0.1) is 0 Å². The molecule has 2 nitrogen and oxygen atoms in total. The summed E-state index contributed by atoms with van der Waals surface area (Å²) in [5.41, 5.74) is 11.2. The summed E-state index contributed by atoms with van der Waals surface area (Å²) in [5, 5.41) is 0. The van der Waals surface area contributed by atoms with Crippen molar-refractivity contribution in [3.05, 3.63) is 12.2 Å². The topological polar surface area (TPSA) is 52.0 Å². The molecule has 0 aromatic rings. The van der Waals surface area contributed by atoms with Crippen LogP contribution in [0.3, 0.4) is 0 Å². The predicted octanol–water partition coefficient (Wildman–Crippen LogP) is 4.92. The van der Waals surface area contributed by atoms with E-state index in [1.165, 1.54) is 83.5 Å². The van der Waals surface area contributed by atoms with Crippen LogP contribution in [0.5, 0.6) is 0 Å².